The van der Waals surface area contributed by atoms with E-state index in [1.807, 2.05) is 0 Å². The van der Waals surface area contributed by atoms with Gasteiger partial charge in [-0.2, -0.15) is 14.7 Å². The molecule has 1 N–H and O–H groups in total. The van der Waals surface area contributed by atoms with Crippen LogP contribution in [0, 0.1) is 24.1 Å². The summed E-state index contributed by atoms with van der Waals surface area (Å²) in [5.74, 6) is 0.134. The van der Waals surface area contributed by atoms with Gasteiger partial charge in [0, 0.05) is 7.05 Å². The van der Waals surface area contributed by atoms with Crippen LogP contribution in [-0.2, 0) is 16.6 Å². The molecule has 0 saturated carbocycles. The Morgan fingerprint density at radius 1 is 1.48 bits per heavy atom. The Hall–Kier alpha value is -2.31. The number of hydrogen-bond donors (Lipinski definition) is 1. The van der Waals surface area contributed by atoms with Crippen LogP contribution in [-0.4, -0.2) is 35.0 Å². The second-order valence-electron chi connectivity index (χ2n) is 4.35. The van der Waals surface area contributed by atoms with E-state index in [9.17, 15) is 12.8 Å². The molecular formula is C12H12FN5O2S. The highest BCUT2D eigenvalue weighted by molar-refractivity contribution is 7.89. The molecule has 9 heteroatoms. The molecule has 7 nitrogen and oxygen atoms in total. The monoisotopic (exact) mass is 309 g/mol. The first-order valence-corrected chi connectivity index (χ1v) is 7.32. The molecule has 0 fully saturated rings. The minimum absolute atomic E-state index is 0.0358. The molecule has 0 spiro atoms. The van der Waals surface area contributed by atoms with Gasteiger partial charge in [-0.1, -0.05) is 0 Å². The smallest absolute Gasteiger partial charge is 0.243 e. The number of aromatic amines is 1. The molecule has 0 aliphatic heterocycles. The highest BCUT2D eigenvalue weighted by Gasteiger charge is 2.23. The quantitative estimate of drug-likeness (QED) is 0.905. The lowest BCUT2D eigenvalue weighted by Crippen LogP contribution is -2.27. The lowest BCUT2D eigenvalue weighted by molar-refractivity contribution is 0.457. The van der Waals surface area contributed by atoms with Crippen LogP contribution in [0.25, 0.3) is 0 Å². The van der Waals surface area contributed by atoms with Crippen LogP contribution in [0.2, 0.25) is 0 Å². The molecule has 2 rings (SSSR count). The highest BCUT2D eigenvalue weighted by atomic mass is 32.2. The minimum Gasteiger partial charge on any atom is -0.263 e. The average molecular weight is 309 g/mol. The Kier molecular flexibility index (Phi) is 4.02. The summed E-state index contributed by atoms with van der Waals surface area (Å²) in [7, 11) is -2.50. The predicted octanol–water partition coefficient (Wildman–Crippen LogP) is 0.945. The zero-order chi connectivity index (χ0) is 15.6. The summed E-state index contributed by atoms with van der Waals surface area (Å²) < 4.78 is 39.0. The third-order valence-corrected chi connectivity index (χ3v) is 4.57. The molecule has 2 aromatic rings. The minimum atomic E-state index is -3.86. The summed E-state index contributed by atoms with van der Waals surface area (Å²) in [6, 6.07) is 4.69. The fourth-order valence-corrected chi connectivity index (χ4v) is 2.83. The molecule has 0 radical (unpaired) electrons. The SMILES string of the molecule is Cc1nc(CN(C)S(=O)(=O)c2ccc(F)c(C#N)c2)n[nH]1. The Balaban J connectivity index is 2.31. The Morgan fingerprint density at radius 3 is 2.76 bits per heavy atom. The molecule has 0 unspecified atom stereocenters. The maximum Gasteiger partial charge on any atom is 0.243 e. The number of H-pyrrole nitrogens is 1. The number of rotatable bonds is 4. The van der Waals surface area contributed by atoms with Crippen LogP contribution >= 0.6 is 0 Å². The fourth-order valence-electron chi connectivity index (χ4n) is 1.67. The maximum absolute atomic E-state index is 13.3. The molecule has 0 aliphatic rings. The van der Waals surface area contributed by atoms with Crippen LogP contribution in [0.3, 0.4) is 0 Å². The molecule has 110 valence electrons. The summed E-state index contributed by atoms with van der Waals surface area (Å²) in [6.45, 7) is 1.66. The first-order valence-electron chi connectivity index (χ1n) is 5.88. The van der Waals surface area contributed by atoms with Crippen molar-refractivity contribution in [2.75, 3.05) is 7.05 Å². The van der Waals surface area contributed by atoms with Crippen LogP contribution in [0.15, 0.2) is 23.1 Å². The summed E-state index contributed by atoms with van der Waals surface area (Å²) in [5.41, 5.74) is -0.321. The first-order chi connectivity index (χ1) is 9.84. The van der Waals surface area contributed by atoms with E-state index in [4.69, 9.17) is 5.26 Å². The third kappa shape index (κ3) is 3.07. The lowest BCUT2D eigenvalue weighted by Gasteiger charge is -2.15. The number of aromatic nitrogens is 3. The van der Waals surface area contributed by atoms with Gasteiger partial charge in [0.25, 0.3) is 0 Å². The van der Waals surface area contributed by atoms with Gasteiger partial charge in [-0.05, 0) is 25.1 Å². The molecule has 21 heavy (non-hydrogen) atoms. The molecule has 1 aromatic carbocycles. The van der Waals surface area contributed by atoms with E-state index in [1.165, 1.54) is 7.05 Å². The molecule has 1 heterocycles. The van der Waals surface area contributed by atoms with Gasteiger partial charge in [0.1, 0.15) is 17.7 Å². The number of hydrogen-bond acceptors (Lipinski definition) is 5. The van der Waals surface area contributed by atoms with Gasteiger partial charge >= 0.3 is 0 Å². The van der Waals surface area contributed by atoms with Gasteiger partial charge in [0.15, 0.2) is 5.82 Å². The predicted molar refractivity (Wildman–Crippen MR) is 70.9 cm³/mol. The number of halogens is 1. The summed E-state index contributed by atoms with van der Waals surface area (Å²) in [4.78, 5) is 3.86. The average Bonchev–Trinajstić information content (AvgIpc) is 2.84. The number of nitrogens with zero attached hydrogens (tertiary/aromatic N) is 4. The van der Waals surface area contributed by atoms with Crippen LogP contribution in [0.1, 0.15) is 17.2 Å². The molecule has 0 aliphatic carbocycles. The Labute approximate surface area is 121 Å². The Morgan fingerprint density at radius 2 is 2.19 bits per heavy atom. The van der Waals surface area contributed by atoms with Crippen molar-refractivity contribution in [3.05, 3.63) is 41.2 Å². The number of benzene rings is 1. The fraction of sp³-hybridized carbons (Fsp3) is 0.250. The van der Waals surface area contributed by atoms with E-state index < -0.39 is 15.8 Å². The van der Waals surface area contributed by atoms with Gasteiger partial charge in [-0.3, -0.25) is 5.10 Å². The van der Waals surface area contributed by atoms with Crippen molar-refractivity contribution in [2.45, 2.75) is 18.4 Å². The molecule has 1 aromatic heterocycles. The highest BCUT2D eigenvalue weighted by Crippen LogP contribution is 2.18. The normalized spacial score (nSPS) is 11.6. The van der Waals surface area contributed by atoms with Crippen molar-refractivity contribution in [1.82, 2.24) is 19.5 Å². The van der Waals surface area contributed by atoms with Gasteiger partial charge in [-0.15, -0.1) is 0 Å². The van der Waals surface area contributed by atoms with Crippen LogP contribution < -0.4 is 0 Å². The molecule has 0 amide bonds. The van der Waals surface area contributed by atoms with Gasteiger partial charge in [0.05, 0.1) is 17.0 Å². The van der Waals surface area contributed by atoms with Crippen molar-refractivity contribution >= 4 is 10.0 Å². The molecule has 0 atom stereocenters. The largest absolute Gasteiger partial charge is 0.263 e. The summed E-state index contributed by atoms with van der Waals surface area (Å²) in [6.07, 6.45) is 0. The number of aryl methyl sites for hydroxylation is 1. The van der Waals surface area contributed by atoms with E-state index in [0.717, 1.165) is 22.5 Å². The van der Waals surface area contributed by atoms with Crippen molar-refractivity contribution in [3.63, 3.8) is 0 Å². The van der Waals surface area contributed by atoms with E-state index in [1.54, 1.807) is 13.0 Å². The summed E-state index contributed by atoms with van der Waals surface area (Å²) >= 11 is 0. The van der Waals surface area contributed by atoms with E-state index in [0.29, 0.717) is 11.6 Å². The van der Waals surface area contributed by atoms with Crippen LogP contribution in [0.5, 0.6) is 0 Å². The van der Waals surface area contributed by atoms with Gasteiger partial charge < -0.3 is 0 Å². The zero-order valence-electron chi connectivity index (χ0n) is 11.3. The van der Waals surface area contributed by atoms with E-state index in [-0.39, 0.29) is 17.0 Å². The van der Waals surface area contributed by atoms with Gasteiger partial charge in [0.2, 0.25) is 10.0 Å². The van der Waals surface area contributed by atoms with Crippen molar-refractivity contribution in [1.29, 1.82) is 5.26 Å². The Bertz CT molecular complexity index is 809. The van der Waals surface area contributed by atoms with Crippen LogP contribution in [0.4, 0.5) is 4.39 Å². The van der Waals surface area contributed by atoms with Crippen molar-refractivity contribution in [2.24, 2.45) is 0 Å². The standard InChI is InChI=1S/C12H12FN5O2S/c1-8-15-12(17-16-8)7-18(2)21(19,20)10-3-4-11(13)9(5-10)6-14/h3-5H,7H2,1-2H3,(H,15,16,17). The number of nitriles is 1. The number of sulfonamides is 1. The lowest BCUT2D eigenvalue weighted by atomic mass is 10.2. The molecular weight excluding hydrogens is 297 g/mol. The second kappa shape index (κ2) is 5.59. The van der Waals surface area contributed by atoms with Crippen molar-refractivity contribution in [3.8, 4) is 6.07 Å². The van der Waals surface area contributed by atoms with E-state index >= 15 is 0 Å². The third-order valence-electron chi connectivity index (χ3n) is 2.77. The summed E-state index contributed by atoms with van der Waals surface area (Å²) in [5, 5.41) is 15.2. The zero-order valence-corrected chi connectivity index (χ0v) is 12.1. The van der Waals surface area contributed by atoms with E-state index in [2.05, 4.69) is 15.2 Å². The number of nitrogens with one attached hydrogen (secondary N) is 1. The molecule has 0 bridgehead atoms. The topological polar surface area (TPSA) is 103 Å². The molecule has 0 saturated heterocycles. The maximum atomic E-state index is 13.3. The second-order valence-corrected chi connectivity index (χ2v) is 6.40. The van der Waals surface area contributed by atoms with Crippen molar-refractivity contribution < 1.29 is 12.8 Å². The first kappa shape index (κ1) is 15.1. The van der Waals surface area contributed by atoms with Gasteiger partial charge in [-0.25, -0.2) is 17.8 Å².